The van der Waals surface area contributed by atoms with Crippen molar-refractivity contribution in [2.75, 3.05) is 13.2 Å². The molecule has 3 heterocycles. The second kappa shape index (κ2) is 12.2. The van der Waals surface area contributed by atoms with Gasteiger partial charge in [0.05, 0.1) is 12.7 Å². The molecule has 0 amide bonds. The van der Waals surface area contributed by atoms with E-state index in [1.807, 2.05) is 0 Å². The second-order valence-electron chi connectivity index (χ2n) is 13.3. The molecule has 10 nitrogen and oxygen atoms in total. The van der Waals surface area contributed by atoms with Gasteiger partial charge in [0.25, 0.3) is 5.56 Å². The van der Waals surface area contributed by atoms with Gasteiger partial charge in [-0.15, -0.1) is 0 Å². The third-order valence-electron chi connectivity index (χ3n) is 7.90. The quantitative estimate of drug-likeness (QED) is 0.286. The van der Waals surface area contributed by atoms with Crippen LogP contribution in [0, 0.1) is 12.8 Å². The zero-order valence-corrected chi connectivity index (χ0v) is 27.0. The molecule has 2 aromatic rings. The van der Waals surface area contributed by atoms with Gasteiger partial charge >= 0.3 is 5.69 Å². The van der Waals surface area contributed by atoms with Gasteiger partial charge in [-0.1, -0.05) is 40.4 Å². The summed E-state index contributed by atoms with van der Waals surface area (Å²) in [5.41, 5.74) is -0.417. The lowest BCUT2D eigenvalue weighted by molar-refractivity contribution is -0.0320. The van der Waals surface area contributed by atoms with Gasteiger partial charge in [-0.2, -0.15) is 0 Å². The molecule has 0 spiro atoms. The SMILES string of the molecule is Cc1cn([C@H]2C[C@H](CC(=O)n3ccnc3)[C@@H](CO[Si](C)(C)C(C)(C)C)O2)c(=O)n(COCC[Si](C)(C)C)c1=O. The minimum atomic E-state index is -2.07. The average molecular weight is 579 g/mol. The van der Waals surface area contributed by atoms with Crippen LogP contribution in [0.5, 0.6) is 0 Å². The number of hydrogen-bond donors (Lipinski definition) is 0. The highest BCUT2D eigenvalue weighted by molar-refractivity contribution is 6.76. The number of aromatic nitrogens is 4. The summed E-state index contributed by atoms with van der Waals surface area (Å²) < 4.78 is 22.7. The van der Waals surface area contributed by atoms with Gasteiger partial charge in [-0.25, -0.2) is 14.3 Å². The molecule has 218 valence electrons. The first kappa shape index (κ1) is 31.4. The summed E-state index contributed by atoms with van der Waals surface area (Å²) in [6.07, 6.45) is 5.91. The zero-order valence-electron chi connectivity index (χ0n) is 25.0. The minimum Gasteiger partial charge on any atom is -0.414 e. The van der Waals surface area contributed by atoms with Crippen LogP contribution in [0.25, 0.3) is 0 Å². The monoisotopic (exact) mass is 578 g/mol. The van der Waals surface area contributed by atoms with Crippen LogP contribution in [-0.2, 0) is 20.6 Å². The number of imidazole rings is 1. The molecule has 0 unspecified atom stereocenters. The van der Waals surface area contributed by atoms with E-state index in [4.69, 9.17) is 13.9 Å². The summed E-state index contributed by atoms with van der Waals surface area (Å²) in [5, 5.41) is 0.0200. The minimum absolute atomic E-state index is 0.0200. The molecule has 12 heteroatoms. The fraction of sp³-hybridized carbons (Fsp3) is 0.704. The van der Waals surface area contributed by atoms with Crippen LogP contribution in [0.3, 0.4) is 0 Å². The Morgan fingerprint density at radius 1 is 1.18 bits per heavy atom. The van der Waals surface area contributed by atoms with Crippen molar-refractivity contribution in [1.82, 2.24) is 18.7 Å². The van der Waals surface area contributed by atoms with Gasteiger partial charge in [-0.05, 0) is 37.5 Å². The summed E-state index contributed by atoms with van der Waals surface area (Å²) in [7, 11) is -3.38. The van der Waals surface area contributed by atoms with E-state index in [-0.39, 0.29) is 41.7 Å². The van der Waals surface area contributed by atoms with Crippen molar-refractivity contribution in [2.24, 2.45) is 5.92 Å². The van der Waals surface area contributed by atoms with E-state index in [9.17, 15) is 14.4 Å². The van der Waals surface area contributed by atoms with Gasteiger partial charge in [0.2, 0.25) is 5.91 Å². The number of carbonyl (C=O) groups excluding carboxylic acids is 1. The Hall–Kier alpha value is -2.13. The molecule has 1 aliphatic rings. The van der Waals surface area contributed by atoms with Crippen molar-refractivity contribution in [3.63, 3.8) is 0 Å². The lowest BCUT2D eigenvalue weighted by Gasteiger charge is -2.37. The number of ether oxygens (including phenoxy) is 2. The van der Waals surface area contributed by atoms with Gasteiger partial charge in [-0.3, -0.25) is 18.7 Å². The van der Waals surface area contributed by atoms with Crippen LogP contribution in [0.4, 0.5) is 0 Å². The molecule has 1 fully saturated rings. The first-order valence-electron chi connectivity index (χ1n) is 13.7. The van der Waals surface area contributed by atoms with Crippen LogP contribution in [0.2, 0.25) is 43.8 Å². The van der Waals surface area contributed by atoms with Gasteiger partial charge in [0.1, 0.15) is 19.3 Å². The van der Waals surface area contributed by atoms with Gasteiger partial charge in [0.15, 0.2) is 8.32 Å². The number of rotatable bonds is 11. The fourth-order valence-electron chi connectivity index (χ4n) is 4.20. The second-order valence-corrected chi connectivity index (χ2v) is 23.8. The van der Waals surface area contributed by atoms with Crippen molar-refractivity contribution in [2.45, 2.75) is 103 Å². The van der Waals surface area contributed by atoms with E-state index < -0.39 is 28.3 Å². The summed E-state index contributed by atoms with van der Waals surface area (Å²) in [4.78, 5) is 43.2. The summed E-state index contributed by atoms with van der Waals surface area (Å²) in [5.74, 6) is -0.265. The van der Waals surface area contributed by atoms with Crippen LogP contribution < -0.4 is 11.2 Å². The standard InChI is InChI=1S/C27H46N4O6Si2/c1-20-16-30(26(34)31(25(20)33)19-35-12-13-38(5,6)7)24-15-21(14-23(32)29-11-10-28-18-29)22(37-24)17-36-39(8,9)27(2,3)4/h10-11,16,18,21-22,24H,12-15,17,19H2,1-9H3/t21-,22+,24+/m0/s1. The van der Waals surface area contributed by atoms with E-state index in [2.05, 4.69) is 58.5 Å². The molecule has 1 aliphatic heterocycles. The molecule has 2 aromatic heterocycles. The molecule has 0 aliphatic carbocycles. The molecule has 1 saturated heterocycles. The van der Waals surface area contributed by atoms with E-state index in [1.54, 1.807) is 25.5 Å². The molecule has 0 saturated carbocycles. The topological polar surface area (TPSA) is 107 Å². The first-order valence-corrected chi connectivity index (χ1v) is 20.3. The van der Waals surface area contributed by atoms with Crippen molar-refractivity contribution in [3.05, 3.63) is 51.3 Å². The van der Waals surface area contributed by atoms with E-state index in [0.717, 1.165) is 10.6 Å². The number of hydrogen-bond acceptors (Lipinski definition) is 7. The highest BCUT2D eigenvalue weighted by atomic mass is 28.4. The molecule has 0 aromatic carbocycles. The Bertz CT molecular complexity index is 1240. The van der Waals surface area contributed by atoms with Crippen LogP contribution in [-0.4, -0.2) is 60.3 Å². The highest BCUT2D eigenvalue weighted by Gasteiger charge is 2.42. The molecule has 0 N–H and O–H groups in total. The van der Waals surface area contributed by atoms with Crippen molar-refractivity contribution in [3.8, 4) is 0 Å². The van der Waals surface area contributed by atoms with Crippen molar-refractivity contribution < 1.29 is 18.7 Å². The number of carbonyl (C=O) groups is 1. The Kier molecular flexibility index (Phi) is 9.80. The fourth-order valence-corrected chi connectivity index (χ4v) is 5.98. The van der Waals surface area contributed by atoms with Crippen LogP contribution in [0.15, 0.2) is 34.5 Å². The van der Waals surface area contributed by atoms with E-state index >= 15 is 0 Å². The molecule has 3 atom stereocenters. The predicted molar refractivity (Wildman–Crippen MR) is 156 cm³/mol. The highest BCUT2D eigenvalue weighted by Crippen LogP contribution is 2.39. The molecule has 0 radical (unpaired) electrons. The zero-order chi connectivity index (χ0) is 29.2. The van der Waals surface area contributed by atoms with Crippen molar-refractivity contribution in [1.29, 1.82) is 0 Å². The van der Waals surface area contributed by atoms with E-state index in [1.165, 1.54) is 15.5 Å². The lowest BCUT2D eigenvalue weighted by Crippen LogP contribution is -2.44. The maximum absolute atomic E-state index is 13.5. The van der Waals surface area contributed by atoms with Crippen LogP contribution in [0.1, 0.15) is 50.2 Å². The number of aryl methyl sites for hydroxylation is 1. The molecule has 3 rings (SSSR count). The smallest absolute Gasteiger partial charge is 0.335 e. The van der Waals surface area contributed by atoms with Crippen LogP contribution >= 0.6 is 0 Å². The molecule has 0 bridgehead atoms. The van der Waals surface area contributed by atoms with Gasteiger partial charge < -0.3 is 13.9 Å². The summed E-state index contributed by atoms with van der Waals surface area (Å²) in [6, 6.07) is 0.940. The largest absolute Gasteiger partial charge is 0.414 e. The Balaban J connectivity index is 1.84. The normalized spacial score (nSPS) is 20.5. The number of nitrogens with zero attached hydrogens (tertiary/aromatic N) is 4. The van der Waals surface area contributed by atoms with Crippen molar-refractivity contribution >= 4 is 22.3 Å². The Morgan fingerprint density at radius 3 is 2.46 bits per heavy atom. The first-order chi connectivity index (χ1) is 18.0. The molecular formula is C27H46N4O6Si2. The third kappa shape index (κ3) is 7.97. The molecule has 39 heavy (non-hydrogen) atoms. The Labute approximate surface area is 233 Å². The summed E-state index contributed by atoms with van der Waals surface area (Å²) in [6.45, 7) is 20.0. The lowest BCUT2D eigenvalue weighted by atomic mass is 9.96. The predicted octanol–water partition coefficient (Wildman–Crippen LogP) is 4.48. The maximum Gasteiger partial charge on any atom is 0.335 e. The molecular weight excluding hydrogens is 532 g/mol. The van der Waals surface area contributed by atoms with E-state index in [0.29, 0.717) is 25.2 Å². The Morgan fingerprint density at radius 2 is 1.87 bits per heavy atom. The average Bonchev–Trinajstić information content (AvgIpc) is 3.49. The summed E-state index contributed by atoms with van der Waals surface area (Å²) >= 11 is 0. The van der Waals surface area contributed by atoms with Gasteiger partial charge in [0, 0.05) is 51.2 Å². The third-order valence-corrected chi connectivity index (χ3v) is 14.1. The maximum atomic E-state index is 13.5.